The van der Waals surface area contributed by atoms with Gasteiger partial charge in [-0.1, -0.05) is 66.2 Å². The first-order valence-corrected chi connectivity index (χ1v) is 12.8. The van der Waals surface area contributed by atoms with Gasteiger partial charge < -0.3 is 4.74 Å². The molecule has 0 aromatic carbocycles. The molecule has 3 saturated carbocycles. The number of unbranched alkanes of at least 4 members (excludes halogenated alkanes) is 1. The summed E-state index contributed by atoms with van der Waals surface area (Å²) in [5.41, 5.74) is 3.29. The molecule has 0 aromatic heterocycles. The molecule has 0 heterocycles. The van der Waals surface area contributed by atoms with Gasteiger partial charge in [-0.25, -0.2) is 0 Å². The minimum absolute atomic E-state index is 0.260. The van der Waals surface area contributed by atoms with Gasteiger partial charge in [0, 0.05) is 6.61 Å². The second-order valence-corrected chi connectivity index (χ2v) is 11.8. The zero-order chi connectivity index (χ0) is 16.6. The van der Waals surface area contributed by atoms with E-state index in [9.17, 15) is 0 Å². The summed E-state index contributed by atoms with van der Waals surface area (Å²) in [6, 6.07) is 0. The van der Waals surface area contributed by atoms with Crippen molar-refractivity contribution >= 4 is 7.92 Å². The molecule has 24 heavy (non-hydrogen) atoms. The lowest BCUT2D eigenvalue weighted by Gasteiger charge is -2.45. The van der Waals surface area contributed by atoms with E-state index in [1.54, 1.807) is 25.7 Å². The van der Waals surface area contributed by atoms with Crippen LogP contribution in [0.2, 0.25) is 0 Å². The Balaban J connectivity index is 1.62. The summed E-state index contributed by atoms with van der Waals surface area (Å²) in [5, 5.41) is 0. The third kappa shape index (κ3) is 5.44. The predicted molar refractivity (Wildman–Crippen MR) is 108 cm³/mol. The number of hydrogen-bond donors (Lipinski definition) is 0. The van der Waals surface area contributed by atoms with Crippen LogP contribution < -0.4 is 0 Å². The highest BCUT2D eigenvalue weighted by molar-refractivity contribution is 7.60. The van der Waals surface area contributed by atoms with Crippen LogP contribution in [0.5, 0.6) is 0 Å². The fourth-order valence-corrected chi connectivity index (χ4v) is 10.3. The third-order valence-electron chi connectivity index (χ3n) is 6.86. The molecule has 0 radical (unpaired) electrons. The summed E-state index contributed by atoms with van der Waals surface area (Å²) in [7, 11) is 0.260. The highest BCUT2D eigenvalue weighted by Crippen LogP contribution is 2.61. The molecule has 2 unspecified atom stereocenters. The Morgan fingerprint density at radius 2 is 1.29 bits per heavy atom. The van der Waals surface area contributed by atoms with Crippen LogP contribution >= 0.6 is 7.92 Å². The van der Waals surface area contributed by atoms with Crippen LogP contribution in [0.25, 0.3) is 0 Å². The third-order valence-corrected chi connectivity index (χ3v) is 10.9. The molecule has 0 aliphatic heterocycles. The van der Waals surface area contributed by atoms with Gasteiger partial charge in [0.25, 0.3) is 0 Å². The van der Waals surface area contributed by atoms with Crippen molar-refractivity contribution in [2.24, 2.45) is 0 Å². The van der Waals surface area contributed by atoms with Crippen LogP contribution in [-0.2, 0) is 4.74 Å². The van der Waals surface area contributed by atoms with Gasteiger partial charge in [0.05, 0.1) is 6.10 Å². The Labute approximate surface area is 152 Å². The van der Waals surface area contributed by atoms with E-state index in [1.165, 1.54) is 77.0 Å². The van der Waals surface area contributed by atoms with E-state index in [0.717, 1.165) is 23.6 Å². The van der Waals surface area contributed by atoms with Crippen molar-refractivity contribution < 1.29 is 4.74 Å². The van der Waals surface area contributed by atoms with Crippen molar-refractivity contribution in [3.63, 3.8) is 0 Å². The predicted octanol–water partition coefficient (Wildman–Crippen LogP) is 7.26. The molecular weight excluding hydrogens is 311 g/mol. The first-order valence-electron chi connectivity index (χ1n) is 11.3. The summed E-state index contributed by atoms with van der Waals surface area (Å²) >= 11 is 0. The summed E-state index contributed by atoms with van der Waals surface area (Å²) in [4.78, 5) is 0. The van der Waals surface area contributed by atoms with Gasteiger partial charge in [0.15, 0.2) is 0 Å². The fourth-order valence-electron chi connectivity index (χ4n) is 5.59. The number of hydrogen-bond acceptors (Lipinski definition) is 1. The molecule has 3 aliphatic rings. The van der Waals surface area contributed by atoms with Crippen LogP contribution in [0.4, 0.5) is 0 Å². The summed E-state index contributed by atoms with van der Waals surface area (Å²) in [5.74, 6) is 0. The van der Waals surface area contributed by atoms with Crippen LogP contribution in [0, 0.1) is 0 Å². The van der Waals surface area contributed by atoms with Gasteiger partial charge in [-0.15, -0.1) is 0 Å². The van der Waals surface area contributed by atoms with Crippen molar-refractivity contribution in [3.05, 3.63) is 0 Å². The number of ether oxygens (including phenoxy) is 1. The zero-order valence-corrected chi connectivity index (χ0v) is 17.1. The largest absolute Gasteiger partial charge is 0.378 e. The van der Waals surface area contributed by atoms with E-state index in [0.29, 0.717) is 6.10 Å². The Morgan fingerprint density at radius 1 is 0.708 bits per heavy atom. The Bertz CT molecular complexity index is 315. The van der Waals surface area contributed by atoms with Gasteiger partial charge in [-0.05, 0) is 68.3 Å². The highest BCUT2D eigenvalue weighted by Gasteiger charge is 2.38. The van der Waals surface area contributed by atoms with E-state index >= 15 is 0 Å². The first-order chi connectivity index (χ1) is 11.9. The monoisotopic (exact) mass is 352 g/mol. The minimum Gasteiger partial charge on any atom is -0.378 e. The SMILES string of the molecule is CCCCOC1CCCC(P(C2CCCCC2)C2CCCCC2)C1. The quantitative estimate of drug-likeness (QED) is 0.346. The lowest BCUT2D eigenvalue weighted by atomic mass is 9.97. The molecule has 3 fully saturated rings. The Morgan fingerprint density at radius 3 is 1.88 bits per heavy atom. The Hall–Kier alpha value is 0.390. The molecule has 0 aromatic rings. The zero-order valence-electron chi connectivity index (χ0n) is 16.2. The average Bonchev–Trinajstić information content (AvgIpc) is 2.64. The normalized spacial score (nSPS) is 30.8. The van der Waals surface area contributed by atoms with Gasteiger partial charge >= 0.3 is 0 Å². The molecule has 2 heteroatoms. The van der Waals surface area contributed by atoms with Crippen LogP contribution in [0.3, 0.4) is 0 Å². The molecule has 0 N–H and O–H groups in total. The molecule has 0 saturated heterocycles. The van der Waals surface area contributed by atoms with Crippen molar-refractivity contribution in [2.45, 2.75) is 133 Å². The van der Waals surface area contributed by atoms with Gasteiger partial charge in [0.2, 0.25) is 0 Å². The van der Waals surface area contributed by atoms with Crippen LogP contribution in [0.1, 0.15) is 110 Å². The topological polar surface area (TPSA) is 9.23 Å². The highest BCUT2D eigenvalue weighted by atomic mass is 31.1. The van der Waals surface area contributed by atoms with Crippen molar-refractivity contribution in [1.82, 2.24) is 0 Å². The average molecular weight is 353 g/mol. The molecule has 3 rings (SSSR count). The Kier molecular flexibility index (Phi) is 8.40. The van der Waals surface area contributed by atoms with Crippen molar-refractivity contribution in [2.75, 3.05) is 6.61 Å². The number of rotatable bonds is 7. The van der Waals surface area contributed by atoms with E-state index in [-0.39, 0.29) is 7.92 Å². The fraction of sp³-hybridized carbons (Fsp3) is 1.00. The van der Waals surface area contributed by atoms with Gasteiger partial charge in [0.1, 0.15) is 0 Å². The molecular formula is C22H41OP. The van der Waals surface area contributed by atoms with E-state index in [4.69, 9.17) is 4.74 Å². The smallest absolute Gasteiger partial charge is 0.0581 e. The van der Waals surface area contributed by atoms with Crippen LogP contribution in [0.15, 0.2) is 0 Å². The van der Waals surface area contributed by atoms with E-state index < -0.39 is 0 Å². The van der Waals surface area contributed by atoms with Crippen molar-refractivity contribution in [1.29, 1.82) is 0 Å². The second-order valence-electron chi connectivity index (χ2n) is 8.70. The minimum atomic E-state index is 0.260. The van der Waals surface area contributed by atoms with E-state index in [1.807, 2.05) is 0 Å². The summed E-state index contributed by atoms with van der Waals surface area (Å²) in [6.45, 7) is 3.29. The molecule has 1 nitrogen and oxygen atoms in total. The molecule has 3 aliphatic carbocycles. The molecule has 0 amide bonds. The maximum Gasteiger partial charge on any atom is 0.0581 e. The first kappa shape index (κ1) is 19.2. The maximum atomic E-state index is 6.29. The summed E-state index contributed by atoms with van der Waals surface area (Å²) < 4.78 is 6.29. The maximum absolute atomic E-state index is 6.29. The van der Waals surface area contributed by atoms with Crippen LogP contribution in [-0.4, -0.2) is 29.7 Å². The standard InChI is InChI=1S/C22H41OP/c1-2-3-17-23-19-11-10-16-22(18-19)24(20-12-6-4-7-13-20)21-14-8-5-9-15-21/h19-22H,2-18H2,1H3. The molecule has 140 valence electrons. The molecule has 2 atom stereocenters. The van der Waals surface area contributed by atoms with Gasteiger partial charge in [-0.2, -0.15) is 0 Å². The second kappa shape index (κ2) is 10.5. The van der Waals surface area contributed by atoms with Crippen molar-refractivity contribution in [3.8, 4) is 0 Å². The lowest BCUT2D eigenvalue weighted by molar-refractivity contribution is 0.0279. The molecule has 0 spiro atoms. The van der Waals surface area contributed by atoms with E-state index in [2.05, 4.69) is 6.92 Å². The lowest BCUT2D eigenvalue weighted by Crippen LogP contribution is -2.32. The summed E-state index contributed by atoms with van der Waals surface area (Å²) in [6.07, 6.45) is 24.3. The van der Waals surface area contributed by atoms with Gasteiger partial charge in [-0.3, -0.25) is 0 Å². The molecule has 0 bridgehead atoms.